The average Bonchev–Trinajstić information content (AvgIpc) is 2.03. The van der Waals surface area contributed by atoms with E-state index in [1.807, 2.05) is 0 Å². The third-order valence-electron chi connectivity index (χ3n) is 1.21. The maximum atomic E-state index is 10.6. The lowest BCUT2D eigenvalue weighted by Crippen LogP contribution is -2.19. The normalized spacial score (nSPS) is 9.42. The van der Waals surface area contributed by atoms with E-state index in [9.17, 15) is 9.59 Å². The van der Waals surface area contributed by atoms with Gasteiger partial charge in [0.05, 0.1) is 19.6 Å². The SMILES string of the molecule is CNC(=O)CCOCCC(=O)O. The Morgan fingerprint density at radius 2 is 1.92 bits per heavy atom. The van der Waals surface area contributed by atoms with E-state index in [1.54, 1.807) is 7.05 Å². The van der Waals surface area contributed by atoms with Gasteiger partial charge in [0.1, 0.15) is 0 Å². The molecule has 0 saturated heterocycles. The molecule has 0 rings (SSSR count). The van der Waals surface area contributed by atoms with Gasteiger partial charge >= 0.3 is 5.97 Å². The molecule has 5 nitrogen and oxygen atoms in total. The summed E-state index contributed by atoms with van der Waals surface area (Å²) in [7, 11) is 1.54. The van der Waals surface area contributed by atoms with Crippen molar-refractivity contribution in [1.29, 1.82) is 0 Å². The minimum Gasteiger partial charge on any atom is -0.481 e. The van der Waals surface area contributed by atoms with E-state index in [1.165, 1.54) is 0 Å². The second kappa shape index (κ2) is 6.60. The van der Waals surface area contributed by atoms with E-state index in [-0.39, 0.29) is 32.0 Å². The van der Waals surface area contributed by atoms with Crippen LogP contribution in [-0.2, 0) is 14.3 Å². The van der Waals surface area contributed by atoms with Gasteiger partial charge in [-0.25, -0.2) is 0 Å². The molecule has 1 amide bonds. The summed E-state index contributed by atoms with van der Waals surface area (Å²) in [6.07, 6.45) is 0.254. The van der Waals surface area contributed by atoms with E-state index in [2.05, 4.69) is 5.32 Å². The van der Waals surface area contributed by atoms with Crippen molar-refractivity contribution in [1.82, 2.24) is 5.32 Å². The van der Waals surface area contributed by atoms with Gasteiger partial charge in [0.2, 0.25) is 5.91 Å². The van der Waals surface area contributed by atoms with Crippen LogP contribution in [0.1, 0.15) is 12.8 Å². The number of carbonyl (C=O) groups excluding carboxylic acids is 1. The van der Waals surface area contributed by atoms with Crippen LogP contribution >= 0.6 is 0 Å². The molecule has 0 bridgehead atoms. The van der Waals surface area contributed by atoms with E-state index < -0.39 is 5.97 Å². The molecule has 0 aliphatic carbocycles. The largest absolute Gasteiger partial charge is 0.481 e. The average molecular weight is 175 g/mol. The summed E-state index contributed by atoms with van der Waals surface area (Å²) in [5.74, 6) is -1.000. The number of ether oxygens (including phenoxy) is 1. The summed E-state index contributed by atoms with van der Waals surface area (Å²) in [4.78, 5) is 20.6. The number of carboxylic acid groups (broad SMARTS) is 1. The number of hydrogen-bond acceptors (Lipinski definition) is 3. The third kappa shape index (κ3) is 7.01. The first-order valence-corrected chi connectivity index (χ1v) is 3.67. The highest BCUT2D eigenvalue weighted by Gasteiger charge is 1.98. The number of hydrogen-bond donors (Lipinski definition) is 2. The highest BCUT2D eigenvalue weighted by Crippen LogP contribution is 1.86. The molecule has 0 aromatic carbocycles. The molecule has 0 aliphatic heterocycles. The molecule has 0 heterocycles. The highest BCUT2D eigenvalue weighted by molar-refractivity contribution is 5.75. The van der Waals surface area contributed by atoms with Gasteiger partial charge in [-0.2, -0.15) is 0 Å². The smallest absolute Gasteiger partial charge is 0.305 e. The Morgan fingerprint density at radius 1 is 1.33 bits per heavy atom. The molecule has 0 aliphatic rings. The van der Waals surface area contributed by atoms with Gasteiger partial charge in [-0.15, -0.1) is 0 Å². The van der Waals surface area contributed by atoms with Gasteiger partial charge in [0.25, 0.3) is 0 Å². The van der Waals surface area contributed by atoms with E-state index in [4.69, 9.17) is 9.84 Å². The molecule has 0 fully saturated rings. The Balaban J connectivity index is 3.11. The minimum atomic E-state index is -0.894. The summed E-state index contributed by atoms with van der Waals surface area (Å²) >= 11 is 0. The topological polar surface area (TPSA) is 75.6 Å². The first kappa shape index (κ1) is 10.9. The Morgan fingerprint density at radius 3 is 2.42 bits per heavy atom. The van der Waals surface area contributed by atoms with Crippen LogP contribution in [0.25, 0.3) is 0 Å². The second-order valence-electron chi connectivity index (χ2n) is 2.18. The van der Waals surface area contributed by atoms with Crippen LogP contribution in [0.5, 0.6) is 0 Å². The molecule has 12 heavy (non-hydrogen) atoms. The van der Waals surface area contributed by atoms with Crippen LogP contribution in [0.2, 0.25) is 0 Å². The zero-order valence-electron chi connectivity index (χ0n) is 7.00. The van der Waals surface area contributed by atoms with Crippen LogP contribution in [-0.4, -0.2) is 37.2 Å². The number of amides is 1. The van der Waals surface area contributed by atoms with Gasteiger partial charge in [0.15, 0.2) is 0 Å². The summed E-state index contributed by atoms with van der Waals surface area (Å²) in [5.41, 5.74) is 0. The Bertz CT molecular complexity index is 157. The third-order valence-corrected chi connectivity index (χ3v) is 1.21. The lowest BCUT2D eigenvalue weighted by molar-refractivity contribution is -0.138. The highest BCUT2D eigenvalue weighted by atomic mass is 16.5. The molecule has 0 unspecified atom stereocenters. The van der Waals surface area contributed by atoms with Gasteiger partial charge in [-0.3, -0.25) is 9.59 Å². The first-order valence-electron chi connectivity index (χ1n) is 3.67. The Labute approximate surface area is 70.7 Å². The van der Waals surface area contributed by atoms with Crippen LogP contribution in [0, 0.1) is 0 Å². The standard InChI is InChI=1S/C7H13NO4/c1-8-6(9)2-4-12-5-3-7(10)11/h2-5H2,1H3,(H,8,9)(H,10,11). The predicted molar refractivity (Wildman–Crippen MR) is 41.8 cm³/mol. The number of aliphatic carboxylic acids is 1. The zero-order chi connectivity index (χ0) is 9.40. The fourth-order valence-electron chi connectivity index (χ4n) is 0.551. The molecular weight excluding hydrogens is 162 g/mol. The maximum Gasteiger partial charge on any atom is 0.305 e. The minimum absolute atomic E-state index is 0.0201. The summed E-state index contributed by atoms with van der Waals surface area (Å²) < 4.78 is 4.88. The lowest BCUT2D eigenvalue weighted by Gasteiger charge is -2.00. The summed E-state index contributed by atoms with van der Waals surface area (Å²) in [5, 5.41) is 10.6. The lowest BCUT2D eigenvalue weighted by atomic mass is 10.4. The number of nitrogens with one attached hydrogen (secondary N) is 1. The van der Waals surface area contributed by atoms with E-state index in [0.717, 1.165) is 0 Å². The number of carboxylic acids is 1. The van der Waals surface area contributed by atoms with Gasteiger partial charge in [0, 0.05) is 13.5 Å². The molecular formula is C7H13NO4. The molecule has 0 aromatic heterocycles. The van der Waals surface area contributed by atoms with Crippen LogP contribution < -0.4 is 5.32 Å². The van der Waals surface area contributed by atoms with Crippen molar-refractivity contribution >= 4 is 11.9 Å². The van der Waals surface area contributed by atoms with Crippen molar-refractivity contribution in [3.63, 3.8) is 0 Å². The number of rotatable bonds is 6. The Kier molecular flexibility index (Phi) is 6.00. The van der Waals surface area contributed by atoms with Crippen molar-refractivity contribution in [2.45, 2.75) is 12.8 Å². The van der Waals surface area contributed by atoms with Gasteiger partial charge < -0.3 is 15.2 Å². The monoisotopic (exact) mass is 175 g/mol. The molecule has 5 heteroatoms. The fourth-order valence-corrected chi connectivity index (χ4v) is 0.551. The van der Waals surface area contributed by atoms with Crippen molar-refractivity contribution in [2.75, 3.05) is 20.3 Å². The van der Waals surface area contributed by atoms with Crippen LogP contribution in [0.15, 0.2) is 0 Å². The summed E-state index contributed by atoms with van der Waals surface area (Å²) in [6, 6.07) is 0. The zero-order valence-corrected chi connectivity index (χ0v) is 7.00. The number of carbonyl (C=O) groups is 2. The van der Waals surface area contributed by atoms with Gasteiger partial charge in [-0.05, 0) is 0 Å². The molecule has 0 spiro atoms. The van der Waals surface area contributed by atoms with E-state index in [0.29, 0.717) is 0 Å². The Hall–Kier alpha value is -1.10. The fraction of sp³-hybridized carbons (Fsp3) is 0.714. The molecule has 2 N–H and O–H groups in total. The quantitative estimate of drug-likeness (QED) is 0.539. The van der Waals surface area contributed by atoms with Crippen molar-refractivity contribution < 1.29 is 19.4 Å². The van der Waals surface area contributed by atoms with Crippen molar-refractivity contribution in [2.24, 2.45) is 0 Å². The van der Waals surface area contributed by atoms with Gasteiger partial charge in [-0.1, -0.05) is 0 Å². The van der Waals surface area contributed by atoms with Crippen LogP contribution in [0.4, 0.5) is 0 Å². The molecule has 0 aromatic rings. The summed E-state index contributed by atoms with van der Waals surface area (Å²) in [6.45, 7) is 0.430. The van der Waals surface area contributed by atoms with Crippen molar-refractivity contribution in [3.8, 4) is 0 Å². The molecule has 0 atom stereocenters. The first-order chi connectivity index (χ1) is 5.66. The van der Waals surface area contributed by atoms with E-state index >= 15 is 0 Å². The molecule has 0 saturated carbocycles. The second-order valence-corrected chi connectivity index (χ2v) is 2.18. The maximum absolute atomic E-state index is 10.6. The predicted octanol–water partition coefficient (Wildman–Crippen LogP) is -0.386. The molecule has 70 valence electrons. The van der Waals surface area contributed by atoms with Crippen LogP contribution in [0.3, 0.4) is 0 Å². The molecule has 0 radical (unpaired) electrons. The van der Waals surface area contributed by atoms with Crippen molar-refractivity contribution in [3.05, 3.63) is 0 Å².